The van der Waals surface area contributed by atoms with E-state index in [1.807, 2.05) is 24.3 Å². The molecule has 3 aromatic rings. The van der Waals surface area contributed by atoms with Crippen LogP contribution in [0, 0.1) is 0 Å². The Morgan fingerprint density at radius 2 is 1.69 bits per heavy atom. The maximum atomic E-state index is 12.2. The zero-order chi connectivity index (χ0) is 18.5. The van der Waals surface area contributed by atoms with Crippen molar-refractivity contribution in [2.75, 3.05) is 0 Å². The van der Waals surface area contributed by atoms with Crippen LogP contribution in [0.25, 0.3) is 11.1 Å². The molecule has 0 radical (unpaired) electrons. The molecule has 0 aliphatic rings. The first kappa shape index (κ1) is 17.9. The van der Waals surface area contributed by atoms with Crippen molar-refractivity contribution in [2.24, 2.45) is 0 Å². The highest BCUT2D eigenvalue weighted by Crippen LogP contribution is 2.26. The molecule has 9 heteroatoms. The summed E-state index contributed by atoms with van der Waals surface area (Å²) >= 11 is 1.27. The zero-order valence-electron chi connectivity index (χ0n) is 13.2. The summed E-state index contributed by atoms with van der Waals surface area (Å²) < 4.78 is 28.7. The van der Waals surface area contributed by atoms with Crippen LogP contribution in [0.1, 0.15) is 16.1 Å². The van der Waals surface area contributed by atoms with E-state index in [1.54, 1.807) is 12.1 Å². The molecular formula is C17H13F2N3O3S. The summed E-state index contributed by atoms with van der Waals surface area (Å²) in [5.41, 5.74) is 2.68. The second-order valence-corrected chi connectivity index (χ2v) is 6.14. The van der Waals surface area contributed by atoms with E-state index in [0.717, 1.165) is 16.7 Å². The van der Waals surface area contributed by atoms with Gasteiger partial charge in [0.1, 0.15) is 5.75 Å². The van der Waals surface area contributed by atoms with Gasteiger partial charge in [0.15, 0.2) is 5.03 Å². The van der Waals surface area contributed by atoms with Gasteiger partial charge < -0.3 is 9.84 Å². The first-order valence-corrected chi connectivity index (χ1v) is 8.42. The van der Waals surface area contributed by atoms with Gasteiger partial charge in [-0.3, -0.25) is 0 Å². The number of benzene rings is 2. The number of aromatic amines is 1. The van der Waals surface area contributed by atoms with Crippen LogP contribution in [-0.4, -0.2) is 33.1 Å². The normalized spacial score (nSPS) is 10.9. The van der Waals surface area contributed by atoms with Gasteiger partial charge in [-0.2, -0.15) is 14.0 Å². The van der Waals surface area contributed by atoms with Gasteiger partial charge in [-0.15, -0.1) is 10.2 Å². The molecule has 3 rings (SSSR count). The summed E-state index contributed by atoms with van der Waals surface area (Å²) in [4.78, 5) is 11.0. The van der Waals surface area contributed by atoms with Gasteiger partial charge in [-0.05, 0) is 28.8 Å². The Bertz CT molecular complexity index is 883. The lowest BCUT2D eigenvalue weighted by molar-refractivity contribution is -0.0498. The number of thioether (sulfide) groups is 1. The van der Waals surface area contributed by atoms with Gasteiger partial charge in [0.05, 0.1) is 0 Å². The summed E-state index contributed by atoms with van der Waals surface area (Å²) in [6.45, 7) is -2.84. The van der Waals surface area contributed by atoms with E-state index in [4.69, 9.17) is 5.11 Å². The average molecular weight is 377 g/mol. The lowest BCUT2D eigenvalue weighted by Gasteiger charge is -2.07. The molecule has 1 heterocycles. The molecular weight excluding hydrogens is 364 g/mol. The van der Waals surface area contributed by atoms with Crippen LogP contribution in [0.3, 0.4) is 0 Å². The van der Waals surface area contributed by atoms with Gasteiger partial charge in [-0.1, -0.05) is 48.2 Å². The van der Waals surface area contributed by atoms with Gasteiger partial charge in [0, 0.05) is 5.75 Å². The fraction of sp³-hybridized carbons (Fsp3) is 0.118. The Morgan fingerprint density at radius 3 is 2.27 bits per heavy atom. The minimum Gasteiger partial charge on any atom is -0.476 e. The van der Waals surface area contributed by atoms with Crippen LogP contribution in [0.5, 0.6) is 5.75 Å². The third-order valence-electron chi connectivity index (χ3n) is 3.46. The largest absolute Gasteiger partial charge is 0.476 e. The molecule has 0 spiro atoms. The minimum atomic E-state index is -2.84. The molecule has 134 valence electrons. The highest BCUT2D eigenvalue weighted by molar-refractivity contribution is 7.98. The van der Waals surface area contributed by atoms with Crippen molar-refractivity contribution < 1.29 is 23.4 Å². The van der Waals surface area contributed by atoms with E-state index in [0.29, 0.717) is 10.8 Å². The van der Waals surface area contributed by atoms with Gasteiger partial charge in [0.25, 0.3) is 0 Å². The van der Waals surface area contributed by atoms with Crippen molar-refractivity contribution in [1.29, 1.82) is 0 Å². The number of H-pyrrole nitrogens is 1. The number of ether oxygens (including phenoxy) is 1. The molecule has 26 heavy (non-hydrogen) atoms. The number of alkyl halides is 2. The summed E-state index contributed by atoms with van der Waals surface area (Å²) in [6.07, 6.45) is 0. The minimum absolute atomic E-state index is 0.0993. The lowest BCUT2D eigenvalue weighted by atomic mass is 10.0. The van der Waals surface area contributed by atoms with Crippen LogP contribution in [0.2, 0.25) is 0 Å². The van der Waals surface area contributed by atoms with Crippen LogP contribution in [-0.2, 0) is 5.75 Å². The number of rotatable bonds is 7. The topological polar surface area (TPSA) is 88.1 Å². The van der Waals surface area contributed by atoms with Crippen LogP contribution in [0.15, 0.2) is 53.6 Å². The molecule has 0 bridgehead atoms. The zero-order valence-corrected chi connectivity index (χ0v) is 14.0. The number of carboxylic acids is 1. The predicted octanol–water partition coefficient (Wildman–Crippen LogP) is 4.06. The van der Waals surface area contributed by atoms with E-state index in [-0.39, 0.29) is 11.4 Å². The van der Waals surface area contributed by atoms with E-state index in [1.165, 1.54) is 23.9 Å². The molecule has 2 N–H and O–H groups in total. The molecule has 6 nitrogen and oxygen atoms in total. The second-order valence-electron chi connectivity index (χ2n) is 5.17. The number of nitrogens with one attached hydrogen (secondary N) is 1. The summed E-state index contributed by atoms with van der Waals surface area (Å²) in [7, 11) is 0. The molecule has 0 atom stereocenters. The number of carboxylic acid groups (broad SMARTS) is 1. The molecule has 0 saturated carbocycles. The van der Waals surface area contributed by atoms with Crippen molar-refractivity contribution in [3.8, 4) is 16.9 Å². The molecule has 0 unspecified atom stereocenters. The Morgan fingerprint density at radius 1 is 1.08 bits per heavy atom. The molecule has 0 amide bonds. The summed E-state index contributed by atoms with van der Waals surface area (Å²) in [5, 5.41) is 19.0. The van der Waals surface area contributed by atoms with Gasteiger partial charge in [0.2, 0.25) is 5.69 Å². The lowest BCUT2D eigenvalue weighted by Crippen LogP contribution is -2.01. The Kier molecular flexibility index (Phi) is 5.47. The van der Waals surface area contributed by atoms with Crippen molar-refractivity contribution in [3.05, 3.63) is 59.8 Å². The van der Waals surface area contributed by atoms with E-state index in [9.17, 15) is 13.6 Å². The highest BCUT2D eigenvalue weighted by atomic mass is 32.2. The fourth-order valence-corrected chi connectivity index (χ4v) is 3.11. The maximum Gasteiger partial charge on any atom is 0.387 e. The number of hydrogen-bond acceptors (Lipinski definition) is 5. The monoisotopic (exact) mass is 377 g/mol. The van der Waals surface area contributed by atoms with Crippen molar-refractivity contribution in [2.45, 2.75) is 17.4 Å². The molecule has 2 aromatic carbocycles. The standard InChI is InChI=1S/C17H13F2N3O3S/c18-17(19)25-13-7-5-12(6-8-13)11-3-1-10(2-4-11)9-26-15-14(16(23)24)20-22-21-15/h1-8,17H,9H2,(H,23,24)(H,20,21,22). The van der Waals surface area contributed by atoms with Crippen molar-refractivity contribution in [1.82, 2.24) is 15.4 Å². The van der Waals surface area contributed by atoms with Gasteiger partial charge in [-0.25, -0.2) is 4.79 Å². The first-order chi connectivity index (χ1) is 12.5. The number of carbonyl (C=O) groups is 1. The van der Waals surface area contributed by atoms with Crippen LogP contribution >= 0.6 is 11.8 Å². The molecule has 0 aliphatic heterocycles. The number of aromatic carboxylic acids is 1. The SMILES string of the molecule is O=C(O)c1n[nH]nc1SCc1ccc(-c2ccc(OC(F)F)cc2)cc1. The third kappa shape index (κ3) is 4.37. The van der Waals surface area contributed by atoms with Crippen molar-refractivity contribution >= 4 is 17.7 Å². The molecule has 0 aliphatic carbocycles. The van der Waals surface area contributed by atoms with E-state index in [2.05, 4.69) is 20.1 Å². The Hall–Kier alpha value is -2.94. The first-order valence-electron chi connectivity index (χ1n) is 7.44. The molecule has 0 saturated heterocycles. The number of hydrogen-bond donors (Lipinski definition) is 2. The van der Waals surface area contributed by atoms with E-state index >= 15 is 0 Å². The predicted molar refractivity (Wildman–Crippen MR) is 91.4 cm³/mol. The van der Waals surface area contributed by atoms with Gasteiger partial charge >= 0.3 is 12.6 Å². The highest BCUT2D eigenvalue weighted by Gasteiger charge is 2.15. The number of halogens is 2. The van der Waals surface area contributed by atoms with Crippen LogP contribution in [0.4, 0.5) is 8.78 Å². The number of nitrogens with zero attached hydrogens (tertiary/aromatic N) is 2. The second kappa shape index (κ2) is 7.96. The summed E-state index contributed by atoms with van der Waals surface area (Å²) in [5.74, 6) is -0.483. The summed E-state index contributed by atoms with van der Waals surface area (Å²) in [6, 6.07) is 14.0. The van der Waals surface area contributed by atoms with Crippen LogP contribution < -0.4 is 4.74 Å². The number of aromatic nitrogens is 3. The van der Waals surface area contributed by atoms with E-state index < -0.39 is 12.6 Å². The average Bonchev–Trinajstić information content (AvgIpc) is 3.09. The fourth-order valence-electron chi connectivity index (χ4n) is 2.24. The third-order valence-corrected chi connectivity index (χ3v) is 4.50. The maximum absolute atomic E-state index is 12.2. The smallest absolute Gasteiger partial charge is 0.387 e. The Balaban J connectivity index is 1.65. The quantitative estimate of drug-likeness (QED) is 0.604. The Labute approximate surface area is 151 Å². The molecule has 1 aromatic heterocycles. The molecule has 0 fully saturated rings. The van der Waals surface area contributed by atoms with Crippen molar-refractivity contribution in [3.63, 3.8) is 0 Å².